The lowest BCUT2D eigenvalue weighted by atomic mass is 10.0. The average Bonchev–Trinajstić information content (AvgIpc) is 2.93. The van der Waals surface area contributed by atoms with Crippen LogP contribution in [0.3, 0.4) is 0 Å². The number of carbonyl (C=O) groups excluding carboxylic acids is 1. The Balaban J connectivity index is 2.67. The summed E-state index contributed by atoms with van der Waals surface area (Å²) >= 11 is 1.74. The summed E-state index contributed by atoms with van der Waals surface area (Å²) in [5, 5.41) is 12.1. The number of thioether (sulfide) groups is 1. The minimum Gasteiger partial charge on any atom is -0.480 e. The first-order chi connectivity index (χ1) is 9.92. The second-order valence-corrected chi connectivity index (χ2v) is 6.63. The van der Waals surface area contributed by atoms with E-state index in [1.54, 1.807) is 11.8 Å². The topological polar surface area (TPSA) is 78.9 Å². The van der Waals surface area contributed by atoms with Crippen LogP contribution < -0.4 is 5.32 Å². The van der Waals surface area contributed by atoms with Gasteiger partial charge in [0.25, 0.3) is 0 Å². The molecule has 21 heavy (non-hydrogen) atoms. The van der Waals surface area contributed by atoms with Crippen LogP contribution in [0.15, 0.2) is 0 Å². The summed E-state index contributed by atoms with van der Waals surface area (Å²) in [6, 6.07) is -1.12. The first-order valence-electron chi connectivity index (χ1n) is 7.28. The largest absolute Gasteiger partial charge is 0.480 e. The molecule has 1 aliphatic heterocycles. The molecule has 1 saturated heterocycles. The zero-order chi connectivity index (χ0) is 16.0. The van der Waals surface area contributed by atoms with Gasteiger partial charge in [0.2, 0.25) is 0 Å². The number of rotatable bonds is 7. The van der Waals surface area contributed by atoms with Crippen LogP contribution >= 0.6 is 11.8 Å². The van der Waals surface area contributed by atoms with Crippen molar-refractivity contribution in [3.8, 4) is 0 Å². The van der Waals surface area contributed by atoms with Crippen molar-refractivity contribution in [2.24, 2.45) is 0 Å². The lowest BCUT2D eigenvalue weighted by Crippen LogP contribution is -2.49. The second-order valence-electron chi connectivity index (χ2n) is 5.35. The lowest BCUT2D eigenvalue weighted by Gasteiger charge is -2.31. The van der Waals surface area contributed by atoms with E-state index in [1.807, 2.05) is 6.26 Å². The highest BCUT2D eigenvalue weighted by Gasteiger charge is 2.40. The van der Waals surface area contributed by atoms with E-state index in [0.29, 0.717) is 19.5 Å². The lowest BCUT2D eigenvalue weighted by molar-refractivity contribution is -0.141. The van der Waals surface area contributed by atoms with E-state index in [9.17, 15) is 14.7 Å². The van der Waals surface area contributed by atoms with Crippen LogP contribution in [0.5, 0.6) is 0 Å². The van der Waals surface area contributed by atoms with Gasteiger partial charge in [-0.25, -0.2) is 9.59 Å². The van der Waals surface area contributed by atoms with Crippen molar-refractivity contribution in [2.75, 3.05) is 26.5 Å². The van der Waals surface area contributed by atoms with E-state index in [0.717, 1.165) is 12.8 Å². The van der Waals surface area contributed by atoms with Gasteiger partial charge in [-0.1, -0.05) is 13.8 Å². The molecule has 1 fully saturated rings. The van der Waals surface area contributed by atoms with Gasteiger partial charge in [0.1, 0.15) is 6.04 Å². The standard InChI is InChI=1S/C14H26N2O4S/c1-5-14(6-2,21-4)9-15-13(19)16-8-10(20-3)7-11(16)12(17)18/h10-11H,5-9H2,1-4H3,(H,15,19)(H,17,18). The Morgan fingerprint density at radius 2 is 2.05 bits per heavy atom. The number of nitrogens with one attached hydrogen (secondary N) is 1. The van der Waals surface area contributed by atoms with Gasteiger partial charge in [0.05, 0.1) is 6.10 Å². The molecule has 0 aromatic heterocycles. The van der Waals surface area contributed by atoms with Crippen molar-refractivity contribution in [3.05, 3.63) is 0 Å². The number of hydrogen-bond donors (Lipinski definition) is 2. The van der Waals surface area contributed by atoms with Gasteiger partial charge in [-0.15, -0.1) is 0 Å². The van der Waals surface area contributed by atoms with E-state index in [4.69, 9.17) is 4.74 Å². The number of carbonyl (C=O) groups is 2. The molecule has 0 aromatic carbocycles. The number of ether oxygens (including phenoxy) is 1. The fraction of sp³-hybridized carbons (Fsp3) is 0.857. The van der Waals surface area contributed by atoms with E-state index >= 15 is 0 Å². The van der Waals surface area contributed by atoms with Crippen molar-refractivity contribution in [2.45, 2.75) is 50.0 Å². The number of carboxylic acid groups (broad SMARTS) is 1. The van der Waals surface area contributed by atoms with Gasteiger partial charge < -0.3 is 20.1 Å². The normalized spacial score (nSPS) is 22.4. The highest BCUT2D eigenvalue weighted by Crippen LogP contribution is 2.29. The Bertz CT molecular complexity index is 366. The Kier molecular flexibility index (Phi) is 6.80. The summed E-state index contributed by atoms with van der Waals surface area (Å²) in [5.41, 5.74) is 0. The Morgan fingerprint density at radius 1 is 1.43 bits per heavy atom. The molecule has 0 radical (unpaired) electrons. The van der Waals surface area contributed by atoms with Gasteiger partial charge in [0, 0.05) is 31.4 Å². The Labute approximate surface area is 130 Å². The van der Waals surface area contributed by atoms with Crippen LogP contribution in [0.1, 0.15) is 33.1 Å². The van der Waals surface area contributed by atoms with E-state index in [2.05, 4.69) is 19.2 Å². The molecule has 0 bridgehead atoms. The third kappa shape index (κ3) is 4.26. The Hall–Kier alpha value is -0.950. The third-order valence-electron chi connectivity index (χ3n) is 4.43. The predicted octanol–water partition coefficient (Wildman–Crippen LogP) is 1.79. The Morgan fingerprint density at radius 3 is 2.48 bits per heavy atom. The minimum absolute atomic E-state index is 0.00869. The number of likely N-dealkylation sites (tertiary alicyclic amines) is 1. The number of hydrogen-bond acceptors (Lipinski definition) is 4. The number of nitrogens with zero attached hydrogens (tertiary/aromatic N) is 1. The molecular formula is C14H26N2O4S. The summed E-state index contributed by atoms with van der Waals surface area (Å²) < 4.78 is 5.20. The van der Waals surface area contributed by atoms with Crippen LogP contribution in [-0.4, -0.2) is 65.4 Å². The van der Waals surface area contributed by atoms with Gasteiger partial charge in [-0.05, 0) is 19.1 Å². The zero-order valence-electron chi connectivity index (χ0n) is 13.2. The fourth-order valence-corrected chi connectivity index (χ4v) is 3.42. The SMILES string of the molecule is CCC(CC)(CNC(=O)N1CC(OC)CC1C(=O)O)SC. The molecule has 122 valence electrons. The molecule has 1 rings (SSSR count). The summed E-state index contributed by atoms with van der Waals surface area (Å²) in [6.07, 6.45) is 4.08. The van der Waals surface area contributed by atoms with Crippen LogP contribution in [0.4, 0.5) is 4.79 Å². The number of urea groups is 1. The fourth-order valence-electron chi connectivity index (χ4n) is 2.63. The predicted molar refractivity (Wildman–Crippen MR) is 83.8 cm³/mol. The molecule has 7 heteroatoms. The van der Waals surface area contributed by atoms with Crippen molar-refractivity contribution >= 4 is 23.8 Å². The molecule has 2 amide bonds. The number of methoxy groups -OCH3 is 1. The highest BCUT2D eigenvalue weighted by atomic mass is 32.2. The van der Waals surface area contributed by atoms with Crippen molar-refractivity contribution in [3.63, 3.8) is 0 Å². The summed E-state index contributed by atoms with van der Waals surface area (Å²) in [4.78, 5) is 24.9. The summed E-state index contributed by atoms with van der Waals surface area (Å²) in [7, 11) is 1.54. The van der Waals surface area contributed by atoms with Crippen LogP contribution in [0, 0.1) is 0 Å². The monoisotopic (exact) mass is 318 g/mol. The van der Waals surface area contributed by atoms with Crippen molar-refractivity contribution in [1.82, 2.24) is 10.2 Å². The highest BCUT2D eigenvalue weighted by molar-refractivity contribution is 8.00. The van der Waals surface area contributed by atoms with Crippen molar-refractivity contribution in [1.29, 1.82) is 0 Å². The zero-order valence-corrected chi connectivity index (χ0v) is 14.0. The van der Waals surface area contributed by atoms with Gasteiger partial charge in [-0.3, -0.25) is 0 Å². The minimum atomic E-state index is -0.980. The molecule has 0 spiro atoms. The van der Waals surface area contributed by atoms with E-state index in [-0.39, 0.29) is 16.9 Å². The summed E-state index contributed by atoms with van der Waals surface area (Å²) in [6.45, 7) is 5.07. The van der Waals surface area contributed by atoms with Gasteiger partial charge in [0.15, 0.2) is 0 Å². The first-order valence-corrected chi connectivity index (χ1v) is 8.50. The number of amides is 2. The molecule has 0 saturated carbocycles. The van der Waals surface area contributed by atoms with Crippen molar-refractivity contribution < 1.29 is 19.4 Å². The molecule has 1 heterocycles. The maximum atomic E-state index is 12.3. The maximum absolute atomic E-state index is 12.3. The molecule has 6 nitrogen and oxygen atoms in total. The molecular weight excluding hydrogens is 292 g/mol. The molecule has 2 N–H and O–H groups in total. The average molecular weight is 318 g/mol. The van der Waals surface area contributed by atoms with E-state index < -0.39 is 12.0 Å². The first kappa shape index (κ1) is 18.1. The molecule has 0 aromatic rings. The number of carboxylic acids is 1. The maximum Gasteiger partial charge on any atom is 0.326 e. The van der Waals surface area contributed by atoms with Gasteiger partial charge in [-0.2, -0.15) is 11.8 Å². The molecule has 1 aliphatic rings. The molecule has 0 aliphatic carbocycles. The van der Waals surface area contributed by atoms with E-state index in [1.165, 1.54) is 12.0 Å². The summed E-state index contributed by atoms with van der Waals surface area (Å²) in [5.74, 6) is -0.980. The molecule has 2 unspecified atom stereocenters. The smallest absolute Gasteiger partial charge is 0.326 e. The van der Waals surface area contributed by atoms with Crippen LogP contribution in [0.2, 0.25) is 0 Å². The quantitative estimate of drug-likeness (QED) is 0.748. The van der Waals surface area contributed by atoms with Gasteiger partial charge >= 0.3 is 12.0 Å². The third-order valence-corrected chi connectivity index (χ3v) is 6.01. The van der Waals surface area contributed by atoms with Crippen LogP contribution in [-0.2, 0) is 9.53 Å². The number of aliphatic carboxylic acids is 1. The van der Waals surface area contributed by atoms with Crippen LogP contribution in [0.25, 0.3) is 0 Å². The molecule has 2 atom stereocenters. The second kappa shape index (κ2) is 7.89.